The maximum Gasteiger partial charge on any atom is 0.258 e. The molecule has 0 aliphatic carbocycles. The van der Waals surface area contributed by atoms with Crippen LogP contribution in [-0.4, -0.2) is 4.98 Å². The summed E-state index contributed by atoms with van der Waals surface area (Å²) in [7, 11) is 0. The highest BCUT2D eigenvalue weighted by Gasteiger charge is 2.10. The first-order chi connectivity index (χ1) is 12.4. The minimum Gasteiger partial charge on any atom is -0.247 e. The number of nitrogens with one attached hydrogen (secondary N) is 1. The van der Waals surface area contributed by atoms with Crippen LogP contribution in [0.25, 0.3) is 0 Å². The van der Waals surface area contributed by atoms with Gasteiger partial charge in [0.2, 0.25) is 0 Å². The van der Waals surface area contributed by atoms with Crippen molar-refractivity contribution in [2.75, 3.05) is 0 Å². The lowest BCUT2D eigenvalue weighted by atomic mass is 10.1. The highest BCUT2D eigenvalue weighted by Crippen LogP contribution is 2.11. The zero-order valence-electron chi connectivity index (χ0n) is 16.2. The smallest absolute Gasteiger partial charge is 0.247 e. The van der Waals surface area contributed by atoms with E-state index >= 15 is 0 Å². The molecule has 0 aliphatic rings. The molecular formula is C23H37N2+. The molecule has 0 spiro atoms. The number of nitrogens with zero attached hydrogens (tertiary/aromatic N) is 1. The van der Waals surface area contributed by atoms with Crippen molar-refractivity contribution in [2.24, 2.45) is 0 Å². The fourth-order valence-corrected chi connectivity index (χ4v) is 3.49. The lowest BCUT2D eigenvalue weighted by Crippen LogP contribution is -2.36. The summed E-state index contributed by atoms with van der Waals surface area (Å²) in [5.41, 5.74) is 1.37. The number of rotatable bonds is 14. The van der Waals surface area contributed by atoms with Crippen molar-refractivity contribution in [3.63, 3.8) is 0 Å². The van der Waals surface area contributed by atoms with E-state index in [-0.39, 0.29) is 0 Å². The first-order valence-electron chi connectivity index (χ1n) is 10.5. The Morgan fingerprint density at radius 3 is 2.00 bits per heavy atom. The summed E-state index contributed by atoms with van der Waals surface area (Å²) < 4.78 is 2.39. The van der Waals surface area contributed by atoms with Gasteiger partial charge < -0.3 is 0 Å². The number of hydrogen-bond acceptors (Lipinski definition) is 0. The molecule has 138 valence electrons. The number of imidazole rings is 1. The lowest BCUT2D eigenvalue weighted by Gasteiger charge is -2.03. The van der Waals surface area contributed by atoms with Crippen LogP contribution in [0.15, 0.2) is 42.7 Å². The molecule has 0 atom stereocenters. The fraction of sp³-hybridized carbons (Fsp3) is 0.609. The second kappa shape index (κ2) is 12.7. The zero-order chi connectivity index (χ0) is 17.6. The van der Waals surface area contributed by atoms with Crippen LogP contribution in [0.4, 0.5) is 0 Å². The molecule has 0 saturated carbocycles. The Bertz CT molecular complexity index is 544. The summed E-state index contributed by atoms with van der Waals surface area (Å²) in [6.07, 6.45) is 20.7. The van der Waals surface area contributed by atoms with E-state index in [0.717, 1.165) is 13.0 Å². The van der Waals surface area contributed by atoms with Gasteiger partial charge in [-0.3, -0.25) is 0 Å². The molecule has 1 aromatic carbocycles. The normalized spacial score (nSPS) is 11.1. The molecule has 2 nitrogen and oxygen atoms in total. The molecular weight excluding hydrogens is 304 g/mol. The van der Waals surface area contributed by atoms with Crippen LogP contribution >= 0.6 is 0 Å². The van der Waals surface area contributed by atoms with Gasteiger partial charge in [0.1, 0.15) is 12.4 Å². The minimum absolute atomic E-state index is 0.992. The van der Waals surface area contributed by atoms with E-state index in [0.29, 0.717) is 0 Å². The molecule has 1 heterocycles. The number of benzene rings is 1. The van der Waals surface area contributed by atoms with Crippen LogP contribution in [0.5, 0.6) is 0 Å². The van der Waals surface area contributed by atoms with Crippen LogP contribution < -0.4 is 4.57 Å². The van der Waals surface area contributed by atoms with Gasteiger partial charge in [-0.1, -0.05) is 95.0 Å². The van der Waals surface area contributed by atoms with Gasteiger partial charge >= 0.3 is 0 Å². The monoisotopic (exact) mass is 341 g/mol. The molecule has 0 bridgehead atoms. The Labute approximate surface area is 154 Å². The van der Waals surface area contributed by atoms with E-state index in [2.05, 4.69) is 59.2 Å². The molecule has 2 heteroatoms. The minimum atomic E-state index is 0.992. The number of aromatic amines is 1. The van der Waals surface area contributed by atoms with Crippen LogP contribution in [-0.2, 0) is 13.0 Å². The third-order valence-corrected chi connectivity index (χ3v) is 5.07. The Morgan fingerprint density at radius 1 is 0.760 bits per heavy atom. The molecule has 2 rings (SSSR count). The lowest BCUT2D eigenvalue weighted by molar-refractivity contribution is -0.703. The topological polar surface area (TPSA) is 19.7 Å². The van der Waals surface area contributed by atoms with E-state index < -0.39 is 0 Å². The maximum atomic E-state index is 3.41. The summed E-state index contributed by atoms with van der Waals surface area (Å²) in [5, 5.41) is 0. The molecule has 25 heavy (non-hydrogen) atoms. The first kappa shape index (κ1) is 19.8. The molecule has 0 radical (unpaired) electrons. The molecule has 0 fully saturated rings. The van der Waals surface area contributed by atoms with Gasteiger partial charge in [-0.2, -0.15) is 0 Å². The second-order valence-corrected chi connectivity index (χ2v) is 7.30. The van der Waals surface area contributed by atoms with E-state index in [1.165, 1.54) is 82.0 Å². The van der Waals surface area contributed by atoms with Crippen molar-refractivity contribution in [3.05, 3.63) is 54.1 Å². The molecule has 0 saturated heterocycles. The molecule has 2 aromatic rings. The molecule has 0 amide bonds. The van der Waals surface area contributed by atoms with Crippen LogP contribution in [0.2, 0.25) is 0 Å². The predicted molar refractivity (Wildman–Crippen MR) is 107 cm³/mol. The van der Waals surface area contributed by atoms with E-state index in [1.807, 2.05) is 0 Å². The molecule has 1 N–H and O–H groups in total. The molecule has 0 unspecified atom stereocenters. The van der Waals surface area contributed by atoms with Crippen LogP contribution in [0.1, 0.15) is 88.9 Å². The zero-order valence-corrected chi connectivity index (χ0v) is 16.2. The third kappa shape index (κ3) is 8.38. The molecule has 0 aliphatic heterocycles. The van der Waals surface area contributed by atoms with E-state index in [4.69, 9.17) is 0 Å². The van der Waals surface area contributed by atoms with Crippen molar-refractivity contribution in [3.8, 4) is 0 Å². The Hall–Kier alpha value is -1.57. The Kier molecular flexibility index (Phi) is 10.1. The maximum absolute atomic E-state index is 3.41. The van der Waals surface area contributed by atoms with Gasteiger partial charge in [0.15, 0.2) is 0 Å². The average molecular weight is 342 g/mol. The van der Waals surface area contributed by atoms with Crippen LogP contribution in [0, 0.1) is 0 Å². The predicted octanol–water partition coefficient (Wildman–Crippen LogP) is 6.20. The van der Waals surface area contributed by atoms with Crippen molar-refractivity contribution >= 4 is 0 Å². The third-order valence-electron chi connectivity index (χ3n) is 5.07. The van der Waals surface area contributed by atoms with Crippen molar-refractivity contribution in [1.82, 2.24) is 4.98 Å². The van der Waals surface area contributed by atoms with Crippen molar-refractivity contribution < 1.29 is 4.57 Å². The number of unbranched alkanes of at least 4 members (excludes halogenated alkanes) is 10. The number of aryl methyl sites for hydroxylation is 1. The first-order valence-corrected chi connectivity index (χ1v) is 10.5. The number of aromatic nitrogens is 2. The SMILES string of the molecule is CCCCCCCCCCCCC[n+]1cc[nH]c1Cc1ccccc1. The summed E-state index contributed by atoms with van der Waals surface area (Å²) in [6, 6.07) is 10.7. The van der Waals surface area contributed by atoms with Gasteiger partial charge in [-0.25, -0.2) is 9.55 Å². The largest absolute Gasteiger partial charge is 0.258 e. The highest BCUT2D eigenvalue weighted by atomic mass is 15.1. The van der Waals surface area contributed by atoms with Gasteiger partial charge in [0.25, 0.3) is 5.82 Å². The Balaban J connectivity index is 1.52. The fourth-order valence-electron chi connectivity index (χ4n) is 3.49. The Morgan fingerprint density at radius 2 is 1.36 bits per heavy atom. The molecule has 1 aromatic heterocycles. The van der Waals surface area contributed by atoms with Gasteiger partial charge in [-0.15, -0.1) is 0 Å². The second-order valence-electron chi connectivity index (χ2n) is 7.30. The number of hydrogen-bond donors (Lipinski definition) is 1. The van der Waals surface area contributed by atoms with E-state index in [1.54, 1.807) is 0 Å². The summed E-state index contributed by atoms with van der Waals surface area (Å²) in [4.78, 5) is 3.41. The van der Waals surface area contributed by atoms with Crippen LogP contribution in [0.3, 0.4) is 0 Å². The van der Waals surface area contributed by atoms with Crippen molar-refractivity contribution in [2.45, 2.75) is 90.5 Å². The summed E-state index contributed by atoms with van der Waals surface area (Å²) in [6.45, 7) is 3.43. The van der Waals surface area contributed by atoms with Gasteiger partial charge in [0.05, 0.1) is 13.0 Å². The van der Waals surface area contributed by atoms with Gasteiger partial charge in [0, 0.05) is 0 Å². The summed E-state index contributed by atoms with van der Waals surface area (Å²) >= 11 is 0. The average Bonchev–Trinajstić information content (AvgIpc) is 3.07. The van der Waals surface area contributed by atoms with E-state index in [9.17, 15) is 0 Å². The number of H-pyrrole nitrogens is 1. The van der Waals surface area contributed by atoms with Crippen molar-refractivity contribution in [1.29, 1.82) is 0 Å². The highest BCUT2D eigenvalue weighted by molar-refractivity contribution is 5.17. The standard InChI is InChI=1S/C23H36N2/c1-2-3-4-5-6-7-8-9-10-11-15-19-25-20-18-24-23(25)21-22-16-13-12-14-17-22/h12-14,16-18,20H,2-11,15,19,21H2,1H3/p+1. The summed E-state index contributed by atoms with van der Waals surface area (Å²) in [5.74, 6) is 1.32. The quantitative estimate of drug-likeness (QED) is 0.311. The van der Waals surface area contributed by atoms with Gasteiger partial charge in [-0.05, 0) is 18.4 Å².